The maximum Gasteiger partial charge on any atom is 0.265 e. The number of aromatic nitrogens is 4. The maximum atomic E-state index is 12.9. The van der Waals surface area contributed by atoms with Crippen LogP contribution in [0.5, 0.6) is 0 Å². The molecule has 7 heteroatoms. The molecule has 28 heavy (non-hydrogen) atoms. The second-order valence-electron chi connectivity index (χ2n) is 7.78. The fourth-order valence-corrected chi connectivity index (χ4v) is 4.52. The van der Waals surface area contributed by atoms with Crippen LogP contribution in [0.1, 0.15) is 58.2 Å². The van der Waals surface area contributed by atoms with Gasteiger partial charge in [-0.15, -0.1) is 11.3 Å². The van der Waals surface area contributed by atoms with Crippen LogP contribution in [0, 0.1) is 6.92 Å². The topological polar surface area (TPSA) is 63.9 Å². The van der Waals surface area contributed by atoms with Crippen LogP contribution in [-0.4, -0.2) is 43.6 Å². The molecule has 0 radical (unpaired) electrons. The minimum atomic E-state index is 0.0898. The Kier molecular flexibility index (Phi) is 5.02. The monoisotopic (exact) mass is 395 g/mol. The summed E-state index contributed by atoms with van der Waals surface area (Å²) in [6, 6.07) is 4.23. The summed E-state index contributed by atoms with van der Waals surface area (Å²) in [6.45, 7) is 7.68. The molecule has 0 saturated carbocycles. The molecule has 1 unspecified atom stereocenters. The zero-order valence-electron chi connectivity index (χ0n) is 16.7. The molecule has 1 aliphatic heterocycles. The first-order valence-corrected chi connectivity index (χ1v) is 10.4. The lowest BCUT2D eigenvalue weighted by atomic mass is 10.00. The van der Waals surface area contributed by atoms with Gasteiger partial charge in [-0.2, -0.15) is 5.10 Å². The first-order chi connectivity index (χ1) is 13.4. The third-order valence-electron chi connectivity index (χ3n) is 5.13. The van der Waals surface area contributed by atoms with Crippen LogP contribution < -0.4 is 0 Å². The van der Waals surface area contributed by atoms with Gasteiger partial charge in [-0.25, -0.2) is 4.98 Å². The molecule has 146 valence electrons. The molecular formula is C21H25N5OS. The number of likely N-dealkylation sites (tertiary alicyclic amines) is 1. The maximum absolute atomic E-state index is 12.9. The van der Waals surface area contributed by atoms with Crippen LogP contribution >= 0.6 is 11.3 Å². The number of amides is 1. The lowest BCUT2D eigenvalue weighted by Gasteiger charge is -2.16. The average Bonchev–Trinajstić information content (AvgIpc) is 3.40. The van der Waals surface area contributed by atoms with Gasteiger partial charge in [0.05, 0.1) is 17.4 Å². The summed E-state index contributed by atoms with van der Waals surface area (Å²) in [7, 11) is 1.92. The second kappa shape index (κ2) is 7.47. The van der Waals surface area contributed by atoms with Crippen molar-refractivity contribution >= 4 is 17.2 Å². The summed E-state index contributed by atoms with van der Waals surface area (Å²) in [4.78, 5) is 24.7. The zero-order valence-corrected chi connectivity index (χ0v) is 17.5. The van der Waals surface area contributed by atoms with Crippen molar-refractivity contribution in [3.05, 3.63) is 52.0 Å². The number of carbonyl (C=O) groups is 1. The van der Waals surface area contributed by atoms with Crippen LogP contribution in [0.3, 0.4) is 0 Å². The molecule has 1 fully saturated rings. The Balaban J connectivity index is 1.52. The molecule has 1 aliphatic rings. The van der Waals surface area contributed by atoms with E-state index in [0.29, 0.717) is 12.5 Å². The van der Waals surface area contributed by atoms with Crippen LogP contribution in [0.25, 0.3) is 11.1 Å². The highest BCUT2D eigenvalue weighted by Crippen LogP contribution is 2.31. The summed E-state index contributed by atoms with van der Waals surface area (Å²) >= 11 is 1.51. The summed E-state index contributed by atoms with van der Waals surface area (Å²) in [5, 5.41) is 5.29. The Morgan fingerprint density at radius 2 is 2.07 bits per heavy atom. The van der Waals surface area contributed by atoms with E-state index in [-0.39, 0.29) is 11.8 Å². The van der Waals surface area contributed by atoms with E-state index in [4.69, 9.17) is 4.98 Å². The number of carbonyl (C=O) groups excluding carboxylic acids is 1. The van der Waals surface area contributed by atoms with Crippen LogP contribution in [0.2, 0.25) is 0 Å². The van der Waals surface area contributed by atoms with E-state index in [1.165, 1.54) is 11.3 Å². The van der Waals surface area contributed by atoms with Crippen LogP contribution in [0.4, 0.5) is 0 Å². The molecule has 0 bridgehead atoms. The molecule has 3 aromatic heterocycles. The van der Waals surface area contributed by atoms with E-state index >= 15 is 0 Å². The normalized spacial score (nSPS) is 16.9. The summed E-state index contributed by atoms with van der Waals surface area (Å²) in [5.41, 5.74) is 4.27. The fourth-order valence-electron chi connectivity index (χ4n) is 3.64. The first-order valence-electron chi connectivity index (χ1n) is 9.63. The molecular weight excluding hydrogens is 370 g/mol. The number of thiazole rings is 1. The molecule has 0 N–H and O–H groups in total. The fraction of sp³-hybridized carbons (Fsp3) is 0.429. The number of rotatable bonds is 4. The lowest BCUT2D eigenvalue weighted by molar-refractivity contribution is 0.0795. The molecule has 0 spiro atoms. The standard InChI is InChI=1S/C21H25N5OS/c1-13(2)20-22-10-19(28-20)21(27)26-6-5-15(12-26)18-8-16(7-14(3)24-18)17-9-23-25(4)11-17/h7-11,13,15H,5-6,12H2,1-4H3. The molecule has 4 heterocycles. The molecule has 1 amide bonds. The summed E-state index contributed by atoms with van der Waals surface area (Å²) in [6.07, 6.45) is 6.55. The van der Waals surface area contributed by atoms with Gasteiger partial charge in [-0.1, -0.05) is 13.8 Å². The largest absolute Gasteiger partial charge is 0.337 e. The van der Waals surface area contributed by atoms with Crippen LogP contribution in [0.15, 0.2) is 30.7 Å². The quantitative estimate of drug-likeness (QED) is 0.670. The third-order valence-corrected chi connectivity index (χ3v) is 6.42. The first kappa shape index (κ1) is 18.8. The SMILES string of the molecule is Cc1cc(-c2cnn(C)c2)cc(C2CCN(C(=O)c3cnc(C(C)C)s3)C2)n1. The molecule has 3 aromatic rings. The zero-order chi connectivity index (χ0) is 19.8. The molecule has 4 rings (SSSR count). The number of pyridine rings is 1. The molecule has 0 aromatic carbocycles. The number of hydrogen-bond acceptors (Lipinski definition) is 5. The minimum absolute atomic E-state index is 0.0898. The third kappa shape index (κ3) is 3.71. The van der Waals surface area contributed by atoms with Crippen molar-refractivity contribution in [2.75, 3.05) is 13.1 Å². The highest BCUT2D eigenvalue weighted by atomic mass is 32.1. The van der Waals surface area contributed by atoms with Crippen molar-refractivity contribution < 1.29 is 4.79 Å². The van der Waals surface area contributed by atoms with E-state index in [2.05, 4.69) is 36.1 Å². The Morgan fingerprint density at radius 3 is 2.75 bits per heavy atom. The Morgan fingerprint density at radius 1 is 1.25 bits per heavy atom. The van der Waals surface area contributed by atoms with E-state index in [9.17, 15) is 4.79 Å². The van der Waals surface area contributed by atoms with Gasteiger partial charge in [0, 0.05) is 55.1 Å². The van der Waals surface area contributed by atoms with Gasteiger partial charge in [0.25, 0.3) is 5.91 Å². The number of aryl methyl sites for hydroxylation is 2. The van der Waals surface area contributed by atoms with Gasteiger partial charge in [-0.05, 0) is 31.0 Å². The Labute approximate surface area is 169 Å². The van der Waals surface area contributed by atoms with Gasteiger partial charge in [0.2, 0.25) is 0 Å². The number of nitrogens with zero attached hydrogens (tertiary/aromatic N) is 5. The predicted octanol–water partition coefficient (Wildman–Crippen LogP) is 4.00. The Bertz CT molecular complexity index is 1010. The van der Waals surface area contributed by atoms with Crippen LogP contribution in [-0.2, 0) is 7.05 Å². The van der Waals surface area contributed by atoms with Crippen molar-refractivity contribution in [3.8, 4) is 11.1 Å². The highest BCUT2D eigenvalue weighted by Gasteiger charge is 2.30. The van der Waals surface area contributed by atoms with E-state index in [1.54, 1.807) is 10.9 Å². The van der Waals surface area contributed by atoms with E-state index in [0.717, 1.165) is 45.4 Å². The van der Waals surface area contributed by atoms with Crippen molar-refractivity contribution in [1.82, 2.24) is 24.6 Å². The van der Waals surface area contributed by atoms with Crippen molar-refractivity contribution in [3.63, 3.8) is 0 Å². The minimum Gasteiger partial charge on any atom is -0.337 e. The van der Waals surface area contributed by atoms with Crippen molar-refractivity contribution in [1.29, 1.82) is 0 Å². The Hall–Kier alpha value is -2.54. The lowest BCUT2D eigenvalue weighted by Crippen LogP contribution is -2.27. The van der Waals surface area contributed by atoms with Gasteiger partial charge in [0.15, 0.2) is 0 Å². The molecule has 0 aliphatic carbocycles. The number of hydrogen-bond donors (Lipinski definition) is 0. The van der Waals surface area contributed by atoms with Gasteiger partial charge in [0.1, 0.15) is 4.88 Å². The predicted molar refractivity (Wildman–Crippen MR) is 111 cm³/mol. The molecule has 1 atom stereocenters. The average molecular weight is 396 g/mol. The van der Waals surface area contributed by atoms with Crippen molar-refractivity contribution in [2.24, 2.45) is 7.05 Å². The molecule has 1 saturated heterocycles. The van der Waals surface area contributed by atoms with E-state index in [1.807, 2.05) is 31.3 Å². The van der Waals surface area contributed by atoms with Gasteiger partial charge >= 0.3 is 0 Å². The smallest absolute Gasteiger partial charge is 0.265 e. The molecule has 6 nitrogen and oxygen atoms in total. The summed E-state index contributed by atoms with van der Waals surface area (Å²) < 4.78 is 1.81. The second-order valence-corrected chi connectivity index (χ2v) is 8.84. The summed E-state index contributed by atoms with van der Waals surface area (Å²) in [5.74, 6) is 0.698. The van der Waals surface area contributed by atoms with Crippen molar-refractivity contribution in [2.45, 2.75) is 39.0 Å². The van der Waals surface area contributed by atoms with Gasteiger partial charge < -0.3 is 4.90 Å². The highest BCUT2D eigenvalue weighted by molar-refractivity contribution is 7.13. The van der Waals surface area contributed by atoms with Gasteiger partial charge in [-0.3, -0.25) is 14.5 Å². The van der Waals surface area contributed by atoms with E-state index < -0.39 is 0 Å².